The Bertz CT molecular complexity index is 493. The first-order chi connectivity index (χ1) is 10.0. The summed E-state index contributed by atoms with van der Waals surface area (Å²) in [5.41, 5.74) is 0.501. The quantitative estimate of drug-likeness (QED) is 0.765. The molecular weight excluding hydrogens is 268 g/mol. The molecule has 5 heteroatoms. The minimum absolute atomic E-state index is 0.00977. The van der Waals surface area contributed by atoms with E-state index >= 15 is 0 Å². The van der Waals surface area contributed by atoms with Crippen LogP contribution in [0, 0.1) is 11.3 Å². The maximum absolute atomic E-state index is 12.1. The van der Waals surface area contributed by atoms with Crippen molar-refractivity contribution in [1.29, 1.82) is 5.26 Å². The third-order valence-corrected chi connectivity index (χ3v) is 3.48. The predicted octanol–water partition coefficient (Wildman–Crippen LogP) is 1.80. The van der Waals surface area contributed by atoms with Crippen LogP contribution in [0.2, 0.25) is 0 Å². The molecule has 0 aliphatic carbocycles. The van der Waals surface area contributed by atoms with E-state index in [0.717, 1.165) is 12.0 Å². The van der Waals surface area contributed by atoms with Crippen molar-refractivity contribution in [2.45, 2.75) is 38.6 Å². The molecule has 0 aliphatic rings. The molecule has 1 amide bonds. The van der Waals surface area contributed by atoms with Gasteiger partial charge >= 0.3 is 0 Å². The zero-order valence-corrected chi connectivity index (χ0v) is 12.6. The number of carbonyl (C=O) groups is 1. The summed E-state index contributed by atoms with van der Waals surface area (Å²) in [6, 6.07) is 9.00. The van der Waals surface area contributed by atoms with Gasteiger partial charge in [-0.15, -0.1) is 0 Å². The van der Waals surface area contributed by atoms with Crippen molar-refractivity contribution in [2.75, 3.05) is 13.2 Å². The van der Waals surface area contributed by atoms with E-state index in [1.807, 2.05) is 32.0 Å². The van der Waals surface area contributed by atoms with Crippen LogP contribution in [0.15, 0.2) is 24.3 Å². The van der Waals surface area contributed by atoms with Crippen LogP contribution >= 0.6 is 0 Å². The molecule has 0 saturated heterocycles. The van der Waals surface area contributed by atoms with E-state index in [1.165, 1.54) is 0 Å². The zero-order valence-electron chi connectivity index (χ0n) is 12.6. The van der Waals surface area contributed by atoms with Crippen molar-refractivity contribution in [2.24, 2.45) is 0 Å². The smallest absolute Gasteiger partial charge is 0.224 e. The lowest BCUT2D eigenvalue weighted by Gasteiger charge is -2.29. The molecule has 1 unspecified atom stereocenters. The Hall–Kier alpha value is -2.06. The van der Waals surface area contributed by atoms with Crippen molar-refractivity contribution in [1.82, 2.24) is 5.32 Å². The standard InChI is InChI=1S/C16H22N2O3/c1-3-16(2,8-10-19)18-15(20)12-13-4-6-14(7-5-13)21-11-9-17/h4-7,19H,3,8,10-12H2,1-2H3,(H,18,20). The molecule has 5 nitrogen and oxygen atoms in total. The van der Waals surface area contributed by atoms with E-state index in [1.54, 1.807) is 12.1 Å². The van der Waals surface area contributed by atoms with Gasteiger partial charge in [0.15, 0.2) is 6.61 Å². The molecule has 0 aliphatic heterocycles. The van der Waals surface area contributed by atoms with Gasteiger partial charge in [-0.25, -0.2) is 0 Å². The van der Waals surface area contributed by atoms with Gasteiger partial charge in [0.05, 0.1) is 6.42 Å². The highest BCUT2D eigenvalue weighted by molar-refractivity contribution is 5.79. The van der Waals surface area contributed by atoms with Crippen molar-refractivity contribution >= 4 is 5.91 Å². The van der Waals surface area contributed by atoms with Gasteiger partial charge in [-0.1, -0.05) is 19.1 Å². The Morgan fingerprint density at radius 2 is 2.10 bits per heavy atom. The maximum atomic E-state index is 12.1. The first-order valence-electron chi connectivity index (χ1n) is 7.03. The largest absolute Gasteiger partial charge is 0.479 e. The number of benzene rings is 1. The van der Waals surface area contributed by atoms with Crippen molar-refractivity contribution < 1.29 is 14.6 Å². The van der Waals surface area contributed by atoms with Gasteiger partial charge in [0.25, 0.3) is 0 Å². The van der Waals surface area contributed by atoms with Crippen molar-refractivity contribution in [3.63, 3.8) is 0 Å². The summed E-state index contributed by atoms with van der Waals surface area (Å²) in [7, 11) is 0. The molecular formula is C16H22N2O3. The second kappa shape index (κ2) is 8.28. The molecule has 1 atom stereocenters. The SMILES string of the molecule is CCC(C)(CCO)NC(=O)Cc1ccc(OCC#N)cc1. The summed E-state index contributed by atoms with van der Waals surface area (Å²) in [6.07, 6.45) is 1.58. The fourth-order valence-corrected chi connectivity index (χ4v) is 1.96. The predicted molar refractivity (Wildman–Crippen MR) is 79.8 cm³/mol. The average Bonchev–Trinajstić information content (AvgIpc) is 2.46. The Morgan fingerprint density at radius 1 is 1.43 bits per heavy atom. The monoisotopic (exact) mass is 290 g/mol. The Morgan fingerprint density at radius 3 is 2.62 bits per heavy atom. The second-order valence-electron chi connectivity index (χ2n) is 5.20. The van der Waals surface area contributed by atoms with Crippen molar-refractivity contribution in [3.05, 3.63) is 29.8 Å². The van der Waals surface area contributed by atoms with Crippen LogP contribution in [0.5, 0.6) is 5.75 Å². The van der Waals surface area contributed by atoms with E-state index in [9.17, 15) is 4.79 Å². The first kappa shape index (κ1) is 17.0. The van der Waals surface area contributed by atoms with Crippen LogP contribution in [0.25, 0.3) is 0 Å². The highest BCUT2D eigenvalue weighted by Gasteiger charge is 2.23. The number of ether oxygens (including phenoxy) is 1. The second-order valence-corrected chi connectivity index (χ2v) is 5.20. The molecule has 0 heterocycles. The summed E-state index contributed by atoms with van der Waals surface area (Å²) in [5.74, 6) is 0.540. The van der Waals surface area contributed by atoms with Gasteiger partial charge in [-0.2, -0.15) is 5.26 Å². The molecule has 0 fully saturated rings. The average molecular weight is 290 g/mol. The molecule has 1 aromatic carbocycles. The fraction of sp³-hybridized carbons (Fsp3) is 0.500. The number of nitriles is 1. The van der Waals surface area contributed by atoms with Crippen molar-refractivity contribution in [3.8, 4) is 11.8 Å². The summed E-state index contributed by atoms with van der Waals surface area (Å²) in [5, 5.41) is 20.4. The zero-order chi connectivity index (χ0) is 15.7. The van der Waals surface area contributed by atoms with Crippen LogP contribution in [-0.2, 0) is 11.2 Å². The number of nitrogens with zero attached hydrogens (tertiary/aromatic N) is 1. The van der Waals surface area contributed by atoms with Gasteiger partial charge < -0.3 is 15.2 Å². The summed E-state index contributed by atoms with van der Waals surface area (Å²) < 4.78 is 5.16. The molecule has 0 spiro atoms. The molecule has 0 saturated carbocycles. The summed E-state index contributed by atoms with van der Waals surface area (Å²) in [6.45, 7) is 3.97. The van der Waals surface area contributed by atoms with Crippen LogP contribution in [0.1, 0.15) is 32.3 Å². The number of carbonyl (C=O) groups excluding carboxylic acids is 1. The minimum Gasteiger partial charge on any atom is -0.479 e. The van der Waals surface area contributed by atoms with Crippen LogP contribution < -0.4 is 10.1 Å². The fourth-order valence-electron chi connectivity index (χ4n) is 1.96. The lowest BCUT2D eigenvalue weighted by Crippen LogP contribution is -2.46. The molecule has 1 aromatic rings. The highest BCUT2D eigenvalue weighted by atomic mass is 16.5. The van der Waals surface area contributed by atoms with Gasteiger partial charge in [-0.05, 0) is 37.5 Å². The first-order valence-corrected chi connectivity index (χ1v) is 7.03. The number of amides is 1. The van der Waals surface area contributed by atoms with Gasteiger partial charge in [0, 0.05) is 12.1 Å². The number of aliphatic hydroxyl groups is 1. The Kier molecular flexibility index (Phi) is 6.70. The molecule has 114 valence electrons. The number of rotatable bonds is 8. The number of nitrogens with one attached hydrogen (secondary N) is 1. The normalized spacial score (nSPS) is 13.0. The van der Waals surface area contributed by atoms with E-state index < -0.39 is 0 Å². The number of hydrogen-bond acceptors (Lipinski definition) is 4. The van der Waals surface area contributed by atoms with E-state index in [-0.39, 0.29) is 31.1 Å². The van der Waals surface area contributed by atoms with Crippen LogP contribution in [0.4, 0.5) is 0 Å². The van der Waals surface area contributed by atoms with Gasteiger partial charge in [0.2, 0.25) is 5.91 Å². The van der Waals surface area contributed by atoms with E-state index in [2.05, 4.69) is 5.32 Å². The molecule has 0 radical (unpaired) electrons. The minimum atomic E-state index is -0.373. The molecule has 2 N–H and O–H groups in total. The van der Waals surface area contributed by atoms with E-state index in [4.69, 9.17) is 15.1 Å². The molecule has 1 rings (SSSR count). The summed E-state index contributed by atoms with van der Waals surface area (Å²) in [4.78, 5) is 12.1. The third kappa shape index (κ3) is 5.84. The summed E-state index contributed by atoms with van der Waals surface area (Å²) >= 11 is 0. The number of aliphatic hydroxyl groups excluding tert-OH is 1. The van der Waals surface area contributed by atoms with Gasteiger partial charge in [-0.3, -0.25) is 4.79 Å². The third-order valence-electron chi connectivity index (χ3n) is 3.48. The topological polar surface area (TPSA) is 82.3 Å². The maximum Gasteiger partial charge on any atom is 0.224 e. The Balaban J connectivity index is 2.56. The van der Waals surface area contributed by atoms with Crippen LogP contribution in [0.3, 0.4) is 0 Å². The highest BCUT2D eigenvalue weighted by Crippen LogP contribution is 2.15. The van der Waals surface area contributed by atoms with E-state index in [0.29, 0.717) is 12.2 Å². The molecule has 21 heavy (non-hydrogen) atoms. The molecule has 0 bridgehead atoms. The molecule has 0 aromatic heterocycles. The van der Waals surface area contributed by atoms with Crippen LogP contribution in [-0.4, -0.2) is 29.8 Å². The Labute approximate surface area is 125 Å². The lowest BCUT2D eigenvalue weighted by atomic mass is 9.94. The lowest BCUT2D eigenvalue weighted by molar-refractivity contribution is -0.122. The van der Waals surface area contributed by atoms with Gasteiger partial charge in [0.1, 0.15) is 11.8 Å². The number of hydrogen-bond donors (Lipinski definition) is 2.